The molecule has 0 aliphatic heterocycles. The molecule has 0 aromatic carbocycles. The Hall–Kier alpha value is -3.79. The first-order valence-corrected chi connectivity index (χ1v) is 14.1. The Bertz CT molecular complexity index is 1340. The van der Waals surface area contributed by atoms with Crippen LogP contribution in [0.3, 0.4) is 0 Å². The van der Waals surface area contributed by atoms with Gasteiger partial charge in [-0.2, -0.15) is 9.13 Å². The highest BCUT2D eigenvalue weighted by Gasteiger charge is 2.19. The monoisotopic (exact) mass is 589 g/mol. The molecule has 0 bridgehead atoms. The molecule has 7 N–H and O–H groups in total. The van der Waals surface area contributed by atoms with E-state index >= 15 is 0 Å². The van der Waals surface area contributed by atoms with Crippen LogP contribution in [0.15, 0.2) is 23.4 Å². The zero-order chi connectivity index (χ0) is 29.2. The quantitative estimate of drug-likeness (QED) is 0.0867. The van der Waals surface area contributed by atoms with Gasteiger partial charge in [-0.05, 0) is 13.8 Å². The number of nitrogens with two attached hydrogens (primary N) is 3. The van der Waals surface area contributed by atoms with Crippen molar-refractivity contribution in [3.63, 3.8) is 0 Å². The molecule has 4 aromatic heterocycles. The average molecular weight is 590 g/mol. The summed E-state index contributed by atoms with van der Waals surface area (Å²) in [5.74, 6) is 2.41. The molecule has 15 heteroatoms. The SMILES string of the molecule is Cc1ncc(C[n+]2csc(CCOOCCc3sc[n+](Cc4cnc(C)nc4N)c3C)c2C)c(N)n1.NC(=O)O. The molecule has 40 heavy (non-hydrogen) atoms. The maximum absolute atomic E-state index is 8.78. The summed E-state index contributed by atoms with van der Waals surface area (Å²) in [7, 11) is 0. The normalized spacial score (nSPS) is 10.8. The highest BCUT2D eigenvalue weighted by molar-refractivity contribution is 7.09. The van der Waals surface area contributed by atoms with Crippen molar-refractivity contribution in [1.82, 2.24) is 19.9 Å². The molecule has 4 rings (SSSR count). The lowest BCUT2D eigenvalue weighted by Crippen LogP contribution is -2.35. The van der Waals surface area contributed by atoms with E-state index in [1.807, 2.05) is 13.8 Å². The van der Waals surface area contributed by atoms with Crippen LogP contribution in [-0.2, 0) is 35.7 Å². The highest BCUT2D eigenvalue weighted by atomic mass is 32.1. The predicted octanol–water partition coefficient (Wildman–Crippen LogP) is 1.82. The van der Waals surface area contributed by atoms with Crippen molar-refractivity contribution in [3.8, 4) is 0 Å². The second-order valence-electron chi connectivity index (χ2n) is 8.86. The zero-order valence-corrected chi connectivity index (χ0v) is 24.6. The molecule has 0 atom stereocenters. The van der Waals surface area contributed by atoms with E-state index in [0.717, 1.165) is 24.0 Å². The molecule has 0 spiro atoms. The molecular formula is C25H35N9O4S2+2. The minimum atomic E-state index is -1.33. The first-order chi connectivity index (χ1) is 19.0. The van der Waals surface area contributed by atoms with Crippen LogP contribution in [-0.4, -0.2) is 44.3 Å². The van der Waals surface area contributed by atoms with E-state index in [1.165, 1.54) is 21.1 Å². The lowest BCUT2D eigenvalue weighted by molar-refractivity contribution is -0.689. The molecule has 0 unspecified atom stereocenters. The molecule has 0 radical (unpaired) electrons. The van der Waals surface area contributed by atoms with Gasteiger partial charge in [0.05, 0.1) is 34.1 Å². The number of amides is 1. The van der Waals surface area contributed by atoms with Crippen molar-refractivity contribution >= 4 is 40.4 Å². The van der Waals surface area contributed by atoms with E-state index in [-0.39, 0.29) is 0 Å². The maximum atomic E-state index is 8.78. The van der Waals surface area contributed by atoms with Crippen molar-refractivity contribution in [2.24, 2.45) is 5.73 Å². The largest absolute Gasteiger partial charge is 0.465 e. The van der Waals surface area contributed by atoms with Crippen LogP contribution >= 0.6 is 22.7 Å². The number of anilines is 2. The molecule has 4 aromatic rings. The Morgan fingerprint density at radius 1 is 0.825 bits per heavy atom. The molecule has 0 aliphatic rings. The fourth-order valence-corrected chi connectivity index (χ4v) is 5.67. The first kappa shape index (κ1) is 30.7. The minimum absolute atomic E-state index is 0.493. The maximum Gasteiger partial charge on any atom is 0.402 e. The third-order valence-corrected chi connectivity index (χ3v) is 8.23. The molecule has 1 amide bonds. The Morgan fingerprint density at radius 3 is 1.55 bits per heavy atom. The summed E-state index contributed by atoms with van der Waals surface area (Å²) in [5, 5.41) is 7.19. The third-order valence-electron chi connectivity index (χ3n) is 5.94. The fraction of sp³-hybridized carbons (Fsp3) is 0.400. The zero-order valence-electron chi connectivity index (χ0n) is 23.0. The fourth-order valence-electron chi connectivity index (χ4n) is 3.72. The van der Waals surface area contributed by atoms with E-state index < -0.39 is 6.09 Å². The van der Waals surface area contributed by atoms with Crippen LogP contribution in [0.4, 0.5) is 16.4 Å². The van der Waals surface area contributed by atoms with Gasteiger partial charge in [0.2, 0.25) is 11.0 Å². The van der Waals surface area contributed by atoms with E-state index in [0.29, 0.717) is 49.6 Å². The number of aromatic nitrogens is 6. The Balaban J connectivity index is 0.00000103. The number of hydrogen-bond acceptors (Lipinski definition) is 11. The van der Waals surface area contributed by atoms with E-state index in [4.69, 9.17) is 31.1 Å². The number of carboxylic acid groups (broad SMARTS) is 1. The van der Waals surface area contributed by atoms with Gasteiger partial charge >= 0.3 is 6.09 Å². The van der Waals surface area contributed by atoms with E-state index in [2.05, 4.69) is 59.7 Å². The van der Waals surface area contributed by atoms with Gasteiger partial charge in [0.15, 0.2) is 24.5 Å². The van der Waals surface area contributed by atoms with E-state index in [9.17, 15) is 0 Å². The number of nitrogens with zero attached hydrogens (tertiary/aromatic N) is 6. The number of thiazole rings is 2. The van der Waals surface area contributed by atoms with Crippen LogP contribution in [0.5, 0.6) is 0 Å². The molecule has 214 valence electrons. The molecule has 0 saturated carbocycles. The average Bonchev–Trinajstić information content (AvgIpc) is 3.41. The predicted molar refractivity (Wildman–Crippen MR) is 151 cm³/mol. The van der Waals surface area contributed by atoms with Crippen LogP contribution < -0.4 is 26.3 Å². The highest BCUT2D eigenvalue weighted by Crippen LogP contribution is 2.16. The molecule has 0 fully saturated rings. The molecular weight excluding hydrogens is 554 g/mol. The second-order valence-corrected chi connectivity index (χ2v) is 10.7. The van der Waals surface area contributed by atoms with Gasteiger partial charge in [-0.25, -0.2) is 34.5 Å². The third kappa shape index (κ3) is 8.87. The summed E-state index contributed by atoms with van der Waals surface area (Å²) in [5.41, 5.74) is 24.5. The number of aryl methyl sites for hydroxylation is 2. The van der Waals surface area contributed by atoms with Crippen LogP contribution in [0.25, 0.3) is 0 Å². The van der Waals surface area contributed by atoms with Gasteiger partial charge in [0, 0.05) is 39.1 Å². The smallest absolute Gasteiger partial charge is 0.402 e. The second kappa shape index (κ2) is 14.6. The van der Waals surface area contributed by atoms with Crippen molar-refractivity contribution in [2.45, 2.75) is 53.6 Å². The molecule has 0 saturated heterocycles. The van der Waals surface area contributed by atoms with Crippen molar-refractivity contribution in [2.75, 3.05) is 24.7 Å². The Morgan fingerprint density at radius 2 is 1.20 bits per heavy atom. The number of hydrogen-bond donors (Lipinski definition) is 4. The lowest BCUT2D eigenvalue weighted by Gasteiger charge is -2.04. The molecule has 13 nitrogen and oxygen atoms in total. The Labute approximate surface area is 240 Å². The van der Waals surface area contributed by atoms with Gasteiger partial charge in [-0.15, -0.1) is 0 Å². The van der Waals surface area contributed by atoms with Gasteiger partial charge in [0.1, 0.15) is 23.3 Å². The number of rotatable bonds is 11. The van der Waals surface area contributed by atoms with Gasteiger partial charge in [-0.3, -0.25) is 0 Å². The first-order valence-electron chi connectivity index (χ1n) is 12.4. The summed E-state index contributed by atoms with van der Waals surface area (Å²) in [6.45, 7) is 10.2. The van der Waals surface area contributed by atoms with Crippen molar-refractivity contribution < 1.29 is 28.8 Å². The van der Waals surface area contributed by atoms with Crippen molar-refractivity contribution in [3.05, 3.63) is 67.3 Å². The van der Waals surface area contributed by atoms with Crippen LogP contribution in [0, 0.1) is 27.7 Å². The number of primary amides is 1. The Kier molecular flexibility index (Phi) is 11.2. The van der Waals surface area contributed by atoms with Crippen LogP contribution in [0.2, 0.25) is 0 Å². The molecule has 0 aliphatic carbocycles. The van der Waals surface area contributed by atoms with Gasteiger partial charge in [-0.1, -0.05) is 22.7 Å². The summed E-state index contributed by atoms with van der Waals surface area (Å²) >= 11 is 3.40. The van der Waals surface area contributed by atoms with Crippen molar-refractivity contribution in [1.29, 1.82) is 0 Å². The summed E-state index contributed by atoms with van der Waals surface area (Å²) in [4.78, 5) is 39.2. The van der Waals surface area contributed by atoms with Gasteiger partial charge < -0.3 is 22.3 Å². The summed E-state index contributed by atoms with van der Waals surface area (Å²) < 4.78 is 4.33. The van der Waals surface area contributed by atoms with E-state index in [1.54, 1.807) is 35.1 Å². The van der Waals surface area contributed by atoms with Crippen LogP contribution in [0.1, 0.15) is 43.9 Å². The topological polar surface area (TPSA) is 193 Å². The number of carbonyl (C=O) groups is 1. The number of nitrogen functional groups attached to an aromatic ring is 2. The minimum Gasteiger partial charge on any atom is -0.465 e. The summed E-state index contributed by atoms with van der Waals surface area (Å²) in [6, 6.07) is 0. The van der Waals surface area contributed by atoms with Gasteiger partial charge in [0.25, 0.3) is 0 Å². The standard InChI is InChI=1S/C24H32N8O2S2.CH3NO2/c1-15-21(35-13-31(15)11-19-9-27-17(3)29-23(19)25)5-7-33-34-8-6-22-16(2)32(14-36-22)12-20-10-28-18(4)30-24(20)26;2-1(3)4/h9-10,13-14H,5-8,11-12H2,1-4H3,(H2,25,27,29)(H2,26,28,30);2H2,(H,3,4)/q+2;. The summed E-state index contributed by atoms with van der Waals surface area (Å²) in [6.07, 6.45) is 3.81. The lowest BCUT2D eigenvalue weighted by atomic mass is 10.2. The molecule has 4 heterocycles.